The molecule has 1 saturated carbocycles. The minimum Gasteiger partial charge on any atom is -0.493 e. The number of hydrogen-bond donors (Lipinski definition) is 0. The maximum absolute atomic E-state index is 11.7. The molecule has 1 aromatic rings. The van der Waals surface area contributed by atoms with Crippen LogP contribution in [0.1, 0.15) is 37.3 Å². The van der Waals surface area contributed by atoms with Crippen molar-refractivity contribution in [2.75, 3.05) is 20.2 Å². The summed E-state index contributed by atoms with van der Waals surface area (Å²) in [5.74, 6) is 2.79. The first-order valence-electron chi connectivity index (χ1n) is 10.3. The quantitative estimate of drug-likeness (QED) is 0.753. The zero-order valence-electron chi connectivity index (χ0n) is 16.4. The highest BCUT2D eigenvalue weighted by Gasteiger charge is 2.62. The lowest BCUT2D eigenvalue weighted by Crippen LogP contribution is -2.59. The van der Waals surface area contributed by atoms with Crippen LogP contribution in [0.5, 0.6) is 11.5 Å². The normalized spacial score (nSPS) is 32.1. The molecule has 0 aromatic heterocycles. The molecule has 1 saturated heterocycles. The molecule has 146 valence electrons. The molecule has 5 aliphatic rings. The predicted octanol–water partition coefficient (Wildman–Crippen LogP) is 3.12. The first kappa shape index (κ1) is 16.7. The fourth-order valence-electron chi connectivity index (χ4n) is 5.93. The summed E-state index contributed by atoms with van der Waals surface area (Å²) < 4.78 is 17.7. The van der Waals surface area contributed by atoms with Gasteiger partial charge in [-0.15, -0.1) is 0 Å². The molecule has 1 aromatic carbocycles. The Morgan fingerprint density at radius 3 is 2.93 bits per heavy atom. The number of hydrogen-bond acceptors (Lipinski definition) is 5. The fraction of sp³-hybridized carbons (Fsp3) is 0.522. The number of carbonyl (C=O) groups is 1. The van der Waals surface area contributed by atoms with Crippen molar-refractivity contribution in [1.29, 1.82) is 0 Å². The monoisotopic (exact) mass is 379 g/mol. The van der Waals surface area contributed by atoms with E-state index >= 15 is 0 Å². The van der Waals surface area contributed by atoms with Crippen LogP contribution in [0.2, 0.25) is 0 Å². The van der Waals surface area contributed by atoms with Crippen LogP contribution < -0.4 is 9.47 Å². The van der Waals surface area contributed by atoms with Gasteiger partial charge in [-0.05, 0) is 54.9 Å². The summed E-state index contributed by atoms with van der Waals surface area (Å²) in [6.45, 7) is 3.71. The van der Waals surface area contributed by atoms with Gasteiger partial charge in [0.2, 0.25) is 0 Å². The minimum atomic E-state index is -0.301. The average Bonchev–Trinajstić information content (AvgIpc) is 3.42. The Morgan fingerprint density at radius 1 is 1.32 bits per heavy atom. The molecule has 0 radical (unpaired) electrons. The lowest BCUT2D eigenvalue weighted by atomic mass is 9.57. The molecule has 3 atom stereocenters. The maximum atomic E-state index is 11.7. The fourth-order valence-corrected chi connectivity index (χ4v) is 5.93. The van der Waals surface area contributed by atoms with Crippen molar-refractivity contribution in [1.82, 2.24) is 4.90 Å². The van der Waals surface area contributed by atoms with Gasteiger partial charge in [-0.25, -0.2) is 0 Å². The Balaban J connectivity index is 1.54. The van der Waals surface area contributed by atoms with E-state index in [9.17, 15) is 4.79 Å². The van der Waals surface area contributed by atoms with Crippen LogP contribution in [0, 0.1) is 5.92 Å². The van der Waals surface area contributed by atoms with Crippen LogP contribution in [0.15, 0.2) is 35.6 Å². The molecule has 3 aliphatic carbocycles. The number of carbonyl (C=O) groups excluding carboxylic acids is 1. The zero-order chi connectivity index (χ0) is 19.0. The lowest BCUT2D eigenvalue weighted by Gasteiger charge is -2.53. The summed E-state index contributed by atoms with van der Waals surface area (Å²) >= 11 is 0. The lowest BCUT2D eigenvalue weighted by molar-refractivity contribution is -0.138. The van der Waals surface area contributed by atoms with Crippen LogP contribution in [-0.4, -0.2) is 43.2 Å². The molecule has 2 bridgehead atoms. The van der Waals surface area contributed by atoms with E-state index in [0.717, 1.165) is 36.8 Å². The molecule has 1 spiro atoms. The van der Waals surface area contributed by atoms with E-state index in [0.29, 0.717) is 11.8 Å². The number of allylic oxidation sites excluding steroid dienone is 2. The Labute approximate surface area is 164 Å². The number of rotatable bonds is 4. The van der Waals surface area contributed by atoms with Crippen LogP contribution in [0.3, 0.4) is 0 Å². The van der Waals surface area contributed by atoms with E-state index in [-0.39, 0.29) is 17.5 Å². The SMILES string of the molecule is COc1ccc2c3c1O[C@H]1C(OC(C)=O)=CC=C4[C@@H](C2)N(CC2CC2)CC[C@]431. The standard InChI is InChI=1S/C23H25NO4/c1-13(25)27-19-8-6-16-17-11-15-5-7-18(26-2)21-20(15)23(16,22(19)28-21)9-10-24(17)12-14-3-4-14/h5-8,14,17,22H,3-4,9-12H2,1-2H3/t17-,22+,23+/m1/s1. The summed E-state index contributed by atoms with van der Waals surface area (Å²) in [5, 5.41) is 0. The van der Waals surface area contributed by atoms with Crippen molar-refractivity contribution in [3.8, 4) is 11.5 Å². The number of likely N-dealkylation sites (tertiary alicyclic amines) is 1. The number of esters is 1. The molecule has 0 unspecified atom stereocenters. The van der Waals surface area contributed by atoms with Crippen molar-refractivity contribution >= 4 is 5.97 Å². The van der Waals surface area contributed by atoms with Gasteiger partial charge in [-0.3, -0.25) is 9.69 Å². The molecule has 0 amide bonds. The topological polar surface area (TPSA) is 48.0 Å². The summed E-state index contributed by atoms with van der Waals surface area (Å²) in [7, 11) is 1.69. The van der Waals surface area contributed by atoms with Gasteiger partial charge < -0.3 is 14.2 Å². The van der Waals surface area contributed by atoms with Gasteiger partial charge in [-0.2, -0.15) is 0 Å². The Morgan fingerprint density at radius 2 is 2.18 bits per heavy atom. The molecule has 28 heavy (non-hydrogen) atoms. The summed E-state index contributed by atoms with van der Waals surface area (Å²) in [6.07, 6.45) is 8.61. The predicted molar refractivity (Wildman–Crippen MR) is 103 cm³/mol. The second-order valence-corrected chi connectivity index (χ2v) is 8.79. The number of benzene rings is 1. The third-order valence-electron chi connectivity index (χ3n) is 7.22. The smallest absolute Gasteiger partial charge is 0.307 e. The molecular formula is C23H25NO4. The molecular weight excluding hydrogens is 354 g/mol. The van der Waals surface area contributed by atoms with Gasteiger partial charge in [0.1, 0.15) is 5.76 Å². The van der Waals surface area contributed by atoms with Gasteiger partial charge in [-0.1, -0.05) is 12.1 Å². The van der Waals surface area contributed by atoms with Crippen molar-refractivity contribution in [3.63, 3.8) is 0 Å². The number of piperidine rings is 1. The van der Waals surface area contributed by atoms with E-state index in [1.165, 1.54) is 43.0 Å². The summed E-state index contributed by atoms with van der Waals surface area (Å²) in [6, 6.07) is 4.63. The van der Waals surface area contributed by atoms with Crippen molar-refractivity contribution in [2.45, 2.75) is 50.2 Å². The van der Waals surface area contributed by atoms with Gasteiger partial charge in [0.05, 0.1) is 12.5 Å². The van der Waals surface area contributed by atoms with Gasteiger partial charge in [0, 0.05) is 31.6 Å². The zero-order valence-corrected chi connectivity index (χ0v) is 16.4. The van der Waals surface area contributed by atoms with Crippen LogP contribution in [0.4, 0.5) is 0 Å². The van der Waals surface area contributed by atoms with Gasteiger partial charge in [0.25, 0.3) is 0 Å². The number of methoxy groups -OCH3 is 1. The molecule has 5 nitrogen and oxygen atoms in total. The highest BCUT2D eigenvalue weighted by molar-refractivity contribution is 5.71. The molecule has 2 aliphatic heterocycles. The van der Waals surface area contributed by atoms with E-state index in [1.807, 2.05) is 12.1 Å². The average molecular weight is 379 g/mol. The van der Waals surface area contributed by atoms with Gasteiger partial charge in [0.15, 0.2) is 17.6 Å². The number of ether oxygens (including phenoxy) is 3. The maximum Gasteiger partial charge on any atom is 0.307 e. The van der Waals surface area contributed by atoms with Crippen molar-refractivity contribution in [2.24, 2.45) is 5.92 Å². The van der Waals surface area contributed by atoms with E-state index < -0.39 is 0 Å². The molecule has 5 heteroatoms. The van der Waals surface area contributed by atoms with E-state index in [1.54, 1.807) is 7.11 Å². The number of nitrogens with zero attached hydrogens (tertiary/aromatic N) is 1. The largest absolute Gasteiger partial charge is 0.493 e. The Bertz CT molecular complexity index is 944. The van der Waals surface area contributed by atoms with Crippen LogP contribution in [0.25, 0.3) is 0 Å². The molecule has 2 heterocycles. The van der Waals surface area contributed by atoms with E-state index in [4.69, 9.17) is 14.2 Å². The second-order valence-electron chi connectivity index (χ2n) is 8.79. The van der Waals surface area contributed by atoms with E-state index in [2.05, 4.69) is 17.0 Å². The summed E-state index contributed by atoms with van der Waals surface area (Å²) in [5.41, 5.74) is 3.81. The van der Waals surface area contributed by atoms with Gasteiger partial charge >= 0.3 is 5.97 Å². The first-order valence-corrected chi connectivity index (χ1v) is 10.3. The Kier molecular flexibility index (Phi) is 3.35. The molecule has 2 fully saturated rings. The minimum absolute atomic E-state index is 0.234. The van der Waals surface area contributed by atoms with Crippen LogP contribution in [-0.2, 0) is 21.4 Å². The Hall–Kier alpha value is -2.27. The van der Waals surface area contributed by atoms with Crippen LogP contribution >= 0.6 is 0 Å². The third-order valence-corrected chi connectivity index (χ3v) is 7.22. The third kappa shape index (κ3) is 2.08. The second kappa shape index (κ2) is 5.63. The molecule has 6 rings (SSSR count). The highest BCUT2D eigenvalue weighted by atomic mass is 16.6. The first-order chi connectivity index (χ1) is 13.6. The molecule has 0 N–H and O–H groups in total. The van der Waals surface area contributed by atoms with Crippen molar-refractivity contribution < 1.29 is 19.0 Å². The van der Waals surface area contributed by atoms with Crippen molar-refractivity contribution in [3.05, 3.63) is 46.7 Å². The highest BCUT2D eigenvalue weighted by Crippen LogP contribution is 2.62. The summed E-state index contributed by atoms with van der Waals surface area (Å²) in [4.78, 5) is 14.4.